The largest absolute Gasteiger partial charge is 0.407 e. The van der Waals surface area contributed by atoms with Crippen molar-refractivity contribution in [2.45, 2.75) is 26.3 Å². The van der Waals surface area contributed by atoms with E-state index in [0.717, 1.165) is 32.6 Å². The van der Waals surface area contributed by atoms with Gasteiger partial charge in [-0.05, 0) is 12.8 Å². The molecule has 0 atom stereocenters. The first-order valence-electron chi connectivity index (χ1n) is 5.21. The number of hydrogen-bond acceptors (Lipinski definition) is 6. The Hall–Kier alpha value is -1.14. The second-order valence-electron chi connectivity index (χ2n) is 3.10. The third-order valence-corrected chi connectivity index (χ3v) is 1.73. The van der Waals surface area contributed by atoms with Gasteiger partial charge in [-0.2, -0.15) is 0 Å². The highest BCUT2D eigenvalue weighted by Crippen LogP contribution is 2.03. The number of nitrogens with zero attached hydrogens (tertiary/aromatic N) is 2. The molecule has 0 saturated carbocycles. The van der Waals surface area contributed by atoms with Crippen LogP contribution in [0.25, 0.3) is 0 Å². The average Bonchev–Trinajstić information content (AvgIpc) is 2.71. The Bertz CT molecular complexity index is 264. The first kappa shape index (κ1) is 11.9. The van der Waals surface area contributed by atoms with Crippen LogP contribution in [-0.4, -0.2) is 30.0 Å². The maximum atomic E-state index is 5.33. The van der Waals surface area contributed by atoms with Crippen molar-refractivity contribution in [3.05, 3.63) is 5.89 Å². The Balaban J connectivity index is 2.04. The van der Waals surface area contributed by atoms with Crippen molar-refractivity contribution in [1.82, 2.24) is 10.2 Å². The summed E-state index contributed by atoms with van der Waals surface area (Å²) in [6, 6.07) is 0.422. The molecule has 6 heteroatoms. The summed E-state index contributed by atoms with van der Waals surface area (Å²) in [5.41, 5.74) is 5.33. The second kappa shape index (κ2) is 7.19. The number of nitrogens with one attached hydrogen (secondary N) is 1. The lowest BCUT2D eigenvalue weighted by molar-refractivity contribution is 0.134. The van der Waals surface area contributed by atoms with Gasteiger partial charge >= 0.3 is 6.01 Å². The SMILES string of the molecule is CCCOCCCNc1nnc(CN)o1. The molecule has 6 nitrogen and oxygen atoms in total. The van der Waals surface area contributed by atoms with Gasteiger partial charge in [0.15, 0.2) is 0 Å². The molecule has 0 aliphatic heterocycles. The fraction of sp³-hybridized carbons (Fsp3) is 0.778. The minimum atomic E-state index is 0.272. The molecule has 0 spiro atoms. The maximum Gasteiger partial charge on any atom is 0.315 e. The molecule has 86 valence electrons. The van der Waals surface area contributed by atoms with Crippen LogP contribution in [0.3, 0.4) is 0 Å². The van der Waals surface area contributed by atoms with Gasteiger partial charge in [-0.1, -0.05) is 12.0 Å². The van der Waals surface area contributed by atoms with Crippen LogP contribution in [-0.2, 0) is 11.3 Å². The molecule has 0 radical (unpaired) electrons. The molecule has 0 bridgehead atoms. The van der Waals surface area contributed by atoms with Gasteiger partial charge in [-0.3, -0.25) is 0 Å². The maximum absolute atomic E-state index is 5.33. The van der Waals surface area contributed by atoms with Gasteiger partial charge in [-0.25, -0.2) is 0 Å². The molecule has 1 aromatic rings. The number of ether oxygens (including phenoxy) is 1. The molecule has 0 aromatic carbocycles. The summed E-state index contributed by atoms with van der Waals surface area (Å²) in [4.78, 5) is 0. The second-order valence-corrected chi connectivity index (χ2v) is 3.10. The van der Waals surface area contributed by atoms with Gasteiger partial charge in [0.05, 0.1) is 6.54 Å². The highest BCUT2D eigenvalue weighted by molar-refractivity contribution is 5.16. The third kappa shape index (κ3) is 4.75. The molecule has 0 fully saturated rings. The standard InChI is InChI=1S/C9H18N4O2/c1-2-5-14-6-3-4-11-9-13-12-8(7-10)15-9/h2-7,10H2,1H3,(H,11,13). The zero-order valence-electron chi connectivity index (χ0n) is 9.03. The summed E-state index contributed by atoms with van der Waals surface area (Å²) in [7, 11) is 0. The lowest BCUT2D eigenvalue weighted by Gasteiger charge is -2.02. The molecule has 15 heavy (non-hydrogen) atoms. The van der Waals surface area contributed by atoms with E-state index in [1.165, 1.54) is 0 Å². The Morgan fingerprint density at radius 1 is 1.40 bits per heavy atom. The quantitative estimate of drug-likeness (QED) is 0.621. The van der Waals surface area contributed by atoms with Gasteiger partial charge < -0.3 is 20.2 Å². The van der Waals surface area contributed by atoms with E-state index in [9.17, 15) is 0 Å². The molecule has 1 aromatic heterocycles. The average molecular weight is 214 g/mol. The normalized spacial score (nSPS) is 10.5. The minimum absolute atomic E-state index is 0.272. The van der Waals surface area contributed by atoms with Crippen molar-refractivity contribution in [2.24, 2.45) is 5.73 Å². The lowest BCUT2D eigenvalue weighted by atomic mass is 10.4. The molecular weight excluding hydrogens is 196 g/mol. The number of anilines is 1. The highest BCUT2D eigenvalue weighted by atomic mass is 16.5. The van der Waals surface area contributed by atoms with E-state index < -0.39 is 0 Å². The zero-order chi connectivity index (χ0) is 10.9. The van der Waals surface area contributed by atoms with Gasteiger partial charge in [0.1, 0.15) is 0 Å². The molecule has 0 aliphatic carbocycles. The van der Waals surface area contributed by atoms with Crippen molar-refractivity contribution >= 4 is 6.01 Å². The van der Waals surface area contributed by atoms with Crippen molar-refractivity contribution in [3.8, 4) is 0 Å². The van der Waals surface area contributed by atoms with Crippen LogP contribution in [0, 0.1) is 0 Å². The van der Waals surface area contributed by atoms with Crippen LogP contribution in [0.2, 0.25) is 0 Å². The molecule has 1 rings (SSSR count). The van der Waals surface area contributed by atoms with E-state index in [0.29, 0.717) is 11.9 Å². The Labute approximate surface area is 89.2 Å². The van der Waals surface area contributed by atoms with Crippen molar-refractivity contribution in [1.29, 1.82) is 0 Å². The highest BCUT2D eigenvalue weighted by Gasteiger charge is 2.02. The fourth-order valence-corrected chi connectivity index (χ4v) is 1.02. The van der Waals surface area contributed by atoms with E-state index in [2.05, 4.69) is 22.4 Å². The number of aromatic nitrogens is 2. The van der Waals surface area contributed by atoms with Crippen LogP contribution in [0.15, 0.2) is 4.42 Å². The molecule has 3 N–H and O–H groups in total. The Morgan fingerprint density at radius 2 is 2.27 bits per heavy atom. The van der Waals surface area contributed by atoms with Crippen molar-refractivity contribution in [2.75, 3.05) is 25.1 Å². The molecule has 0 unspecified atom stereocenters. The van der Waals surface area contributed by atoms with Crippen molar-refractivity contribution in [3.63, 3.8) is 0 Å². The van der Waals surface area contributed by atoms with Crippen LogP contribution in [0.1, 0.15) is 25.7 Å². The number of rotatable bonds is 8. The molecule has 1 heterocycles. The van der Waals surface area contributed by atoms with Gasteiger partial charge in [0.25, 0.3) is 0 Å². The van der Waals surface area contributed by atoms with Crippen LogP contribution in [0.4, 0.5) is 6.01 Å². The molecule has 0 amide bonds. The summed E-state index contributed by atoms with van der Waals surface area (Å²) >= 11 is 0. The van der Waals surface area contributed by atoms with Gasteiger partial charge in [0.2, 0.25) is 5.89 Å². The van der Waals surface area contributed by atoms with E-state index in [1.54, 1.807) is 0 Å². The predicted octanol–water partition coefficient (Wildman–Crippen LogP) is 0.757. The smallest absolute Gasteiger partial charge is 0.315 e. The summed E-state index contributed by atoms with van der Waals surface area (Å²) in [6.07, 6.45) is 1.97. The van der Waals surface area contributed by atoms with Crippen LogP contribution >= 0.6 is 0 Å². The number of nitrogens with two attached hydrogens (primary N) is 1. The third-order valence-electron chi connectivity index (χ3n) is 1.73. The van der Waals surface area contributed by atoms with Gasteiger partial charge in [0, 0.05) is 19.8 Å². The van der Waals surface area contributed by atoms with Crippen molar-refractivity contribution < 1.29 is 9.15 Å². The fourth-order valence-electron chi connectivity index (χ4n) is 1.02. The van der Waals surface area contributed by atoms with E-state index in [4.69, 9.17) is 14.9 Å². The Kier molecular flexibility index (Phi) is 5.72. The van der Waals surface area contributed by atoms with Gasteiger partial charge in [-0.15, -0.1) is 5.10 Å². The summed E-state index contributed by atoms with van der Waals surface area (Å²) in [5, 5.41) is 10.5. The zero-order valence-corrected chi connectivity index (χ0v) is 9.03. The minimum Gasteiger partial charge on any atom is -0.407 e. The van der Waals surface area contributed by atoms with E-state index in [1.807, 2.05) is 0 Å². The first-order valence-corrected chi connectivity index (χ1v) is 5.21. The topological polar surface area (TPSA) is 86.2 Å². The molecule has 0 aliphatic rings. The number of hydrogen-bond donors (Lipinski definition) is 2. The summed E-state index contributed by atoms with van der Waals surface area (Å²) < 4.78 is 10.5. The molecular formula is C9H18N4O2. The summed E-state index contributed by atoms with van der Waals surface area (Å²) in [6.45, 7) is 4.69. The van der Waals surface area contributed by atoms with E-state index in [-0.39, 0.29) is 6.54 Å². The van der Waals surface area contributed by atoms with Crippen LogP contribution in [0.5, 0.6) is 0 Å². The summed E-state index contributed by atoms with van der Waals surface area (Å²) in [5.74, 6) is 0.444. The monoisotopic (exact) mass is 214 g/mol. The van der Waals surface area contributed by atoms with E-state index >= 15 is 0 Å². The Morgan fingerprint density at radius 3 is 2.93 bits per heavy atom. The predicted molar refractivity (Wildman–Crippen MR) is 56.4 cm³/mol. The van der Waals surface area contributed by atoms with Crippen LogP contribution < -0.4 is 11.1 Å². The first-order chi connectivity index (χ1) is 7.36. The molecule has 0 saturated heterocycles. The lowest BCUT2D eigenvalue weighted by Crippen LogP contribution is -2.06.